The third-order valence-electron chi connectivity index (χ3n) is 5.34. The maximum absolute atomic E-state index is 5.34. The first-order valence-electron chi connectivity index (χ1n) is 9.55. The van der Waals surface area contributed by atoms with E-state index in [0.29, 0.717) is 0 Å². The summed E-state index contributed by atoms with van der Waals surface area (Å²) < 4.78 is 7.32. The van der Waals surface area contributed by atoms with Crippen LogP contribution in [0, 0.1) is 0 Å². The molecule has 1 fully saturated rings. The minimum Gasteiger partial charge on any atom is -0.497 e. The van der Waals surface area contributed by atoms with E-state index in [1.807, 2.05) is 16.8 Å². The third-order valence-corrected chi connectivity index (χ3v) is 5.34. The van der Waals surface area contributed by atoms with Crippen LogP contribution < -0.4 is 14.5 Å². The fourth-order valence-corrected chi connectivity index (χ4v) is 3.78. The van der Waals surface area contributed by atoms with Crippen LogP contribution in [-0.2, 0) is 5.54 Å². The fourth-order valence-electron chi connectivity index (χ4n) is 3.78. The summed E-state index contributed by atoms with van der Waals surface area (Å²) >= 11 is 0. The number of aromatic nitrogens is 4. The van der Waals surface area contributed by atoms with Gasteiger partial charge < -0.3 is 14.5 Å². The van der Waals surface area contributed by atoms with Crippen LogP contribution in [-0.4, -0.2) is 60.0 Å². The molecule has 1 aliphatic rings. The summed E-state index contributed by atoms with van der Waals surface area (Å²) in [6.07, 6.45) is 0. The highest BCUT2D eigenvalue weighted by Crippen LogP contribution is 2.23. The number of likely N-dealkylation sites (N-methyl/N-ethyl adjacent to an activating group) is 1. The Morgan fingerprint density at radius 1 is 1.12 bits per heavy atom. The van der Waals surface area contributed by atoms with Crippen molar-refractivity contribution in [3.8, 4) is 5.75 Å². The van der Waals surface area contributed by atoms with E-state index in [2.05, 4.69) is 55.4 Å². The van der Waals surface area contributed by atoms with Gasteiger partial charge in [0.1, 0.15) is 31.9 Å². The van der Waals surface area contributed by atoms with Crippen LogP contribution in [0.1, 0.15) is 45.1 Å². The van der Waals surface area contributed by atoms with Gasteiger partial charge in [-0.3, -0.25) is 0 Å². The summed E-state index contributed by atoms with van der Waals surface area (Å²) in [6.45, 7) is 14.5. The van der Waals surface area contributed by atoms with Crippen LogP contribution >= 0.6 is 0 Å². The number of nitrogens with one attached hydrogen (secondary N) is 2. The van der Waals surface area contributed by atoms with E-state index < -0.39 is 0 Å². The van der Waals surface area contributed by atoms with Crippen molar-refractivity contribution >= 4 is 0 Å². The number of piperazine rings is 1. The summed E-state index contributed by atoms with van der Waals surface area (Å²) in [5.41, 5.74) is 1.08. The molecule has 7 heteroatoms. The zero-order chi connectivity index (χ0) is 18.7. The zero-order valence-corrected chi connectivity index (χ0v) is 16.6. The Labute approximate surface area is 155 Å². The Bertz CT molecular complexity index is 698. The average Bonchev–Trinajstić information content (AvgIpc) is 3.13. The molecule has 7 nitrogen and oxygen atoms in total. The van der Waals surface area contributed by atoms with E-state index >= 15 is 0 Å². The lowest BCUT2D eigenvalue weighted by Gasteiger charge is -2.34. The number of ether oxygens (including phenoxy) is 1. The molecule has 1 aromatic carbocycles. The number of nitrogens with zero attached hydrogens (tertiary/aromatic N) is 4. The van der Waals surface area contributed by atoms with Crippen LogP contribution in [0.15, 0.2) is 24.3 Å². The number of rotatable bonds is 5. The molecule has 1 atom stereocenters. The van der Waals surface area contributed by atoms with Gasteiger partial charge in [-0.05, 0) is 62.4 Å². The normalized spacial score (nSPS) is 22.2. The Kier molecular flexibility index (Phi) is 5.58. The number of tetrazole rings is 1. The summed E-state index contributed by atoms with van der Waals surface area (Å²) in [5, 5.41) is 12.8. The molecule has 142 valence electrons. The Balaban J connectivity index is 1.98. The summed E-state index contributed by atoms with van der Waals surface area (Å²) in [5.74, 6) is 1.82. The average molecular weight is 361 g/mol. The highest BCUT2D eigenvalue weighted by molar-refractivity contribution is 5.30. The van der Waals surface area contributed by atoms with Crippen molar-refractivity contribution < 1.29 is 14.5 Å². The number of methoxy groups -OCH3 is 1. The number of benzene rings is 1. The lowest BCUT2D eigenvalue weighted by Crippen LogP contribution is -3.28. The summed E-state index contributed by atoms with van der Waals surface area (Å²) in [7, 11) is 1.70. The first-order chi connectivity index (χ1) is 12.4. The van der Waals surface area contributed by atoms with Gasteiger partial charge in [0.25, 0.3) is 0 Å². The number of quaternary nitrogens is 2. The molecule has 1 aromatic heterocycles. The van der Waals surface area contributed by atoms with Gasteiger partial charge in [0.2, 0.25) is 5.82 Å². The lowest BCUT2D eigenvalue weighted by atomic mass is 10.0. The van der Waals surface area contributed by atoms with Gasteiger partial charge in [-0.15, -0.1) is 5.10 Å². The third kappa shape index (κ3) is 3.88. The van der Waals surface area contributed by atoms with Gasteiger partial charge in [-0.2, -0.15) is 0 Å². The molecule has 0 spiro atoms. The molecule has 0 unspecified atom stereocenters. The molecule has 0 aliphatic carbocycles. The topological polar surface area (TPSA) is 61.7 Å². The Morgan fingerprint density at radius 2 is 1.77 bits per heavy atom. The first-order valence-corrected chi connectivity index (χ1v) is 9.55. The van der Waals surface area contributed by atoms with E-state index in [1.54, 1.807) is 12.0 Å². The maximum atomic E-state index is 5.34. The second kappa shape index (κ2) is 7.72. The van der Waals surface area contributed by atoms with Crippen molar-refractivity contribution in [3.63, 3.8) is 0 Å². The minimum atomic E-state index is -0.153. The minimum absolute atomic E-state index is 0.133. The van der Waals surface area contributed by atoms with E-state index in [0.717, 1.165) is 24.7 Å². The smallest absolute Gasteiger partial charge is 0.214 e. The lowest BCUT2D eigenvalue weighted by molar-refractivity contribution is -1.02. The summed E-state index contributed by atoms with van der Waals surface area (Å²) in [4.78, 5) is 3.21. The highest BCUT2D eigenvalue weighted by atomic mass is 16.5. The number of hydrogen-bond donors (Lipinski definition) is 2. The van der Waals surface area contributed by atoms with Crippen LogP contribution in [0.4, 0.5) is 0 Å². The van der Waals surface area contributed by atoms with Crippen molar-refractivity contribution in [1.82, 2.24) is 20.2 Å². The van der Waals surface area contributed by atoms with Crippen molar-refractivity contribution in [2.24, 2.45) is 0 Å². The molecule has 2 aromatic rings. The largest absolute Gasteiger partial charge is 0.497 e. The van der Waals surface area contributed by atoms with Gasteiger partial charge in [0, 0.05) is 5.56 Å². The van der Waals surface area contributed by atoms with Crippen molar-refractivity contribution in [1.29, 1.82) is 0 Å². The van der Waals surface area contributed by atoms with Gasteiger partial charge in [0.15, 0.2) is 6.04 Å². The molecular formula is C19H32N6O+2. The predicted octanol–water partition coefficient (Wildman–Crippen LogP) is -0.671. The van der Waals surface area contributed by atoms with Crippen molar-refractivity contribution in [2.45, 2.75) is 39.3 Å². The van der Waals surface area contributed by atoms with Crippen LogP contribution in [0.25, 0.3) is 0 Å². The molecule has 1 saturated heterocycles. The van der Waals surface area contributed by atoms with Gasteiger partial charge in [-0.1, -0.05) is 0 Å². The molecule has 1 aliphatic heterocycles. The molecule has 0 bridgehead atoms. The van der Waals surface area contributed by atoms with Crippen LogP contribution in [0.2, 0.25) is 0 Å². The van der Waals surface area contributed by atoms with Gasteiger partial charge >= 0.3 is 0 Å². The van der Waals surface area contributed by atoms with Gasteiger partial charge in [-0.25, -0.2) is 4.68 Å². The van der Waals surface area contributed by atoms with E-state index in [1.165, 1.54) is 30.1 Å². The first kappa shape index (κ1) is 18.8. The van der Waals surface area contributed by atoms with Crippen molar-refractivity contribution in [3.05, 3.63) is 35.7 Å². The molecule has 0 amide bonds. The quantitative estimate of drug-likeness (QED) is 0.743. The number of hydrogen-bond acceptors (Lipinski definition) is 4. The van der Waals surface area contributed by atoms with E-state index in [4.69, 9.17) is 4.74 Å². The Morgan fingerprint density at radius 3 is 2.31 bits per heavy atom. The van der Waals surface area contributed by atoms with E-state index in [9.17, 15) is 0 Å². The van der Waals surface area contributed by atoms with Crippen LogP contribution in [0.3, 0.4) is 0 Å². The predicted molar refractivity (Wildman–Crippen MR) is 99.6 cm³/mol. The standard InChI is InChI=1S/C19H30N6O/c1-6-23-11-13-24(14-12-23)17(15-7-9-16(26-5)10-8-15)18-20-21-22-25(18)19(2,3)4/h7-10,17H,6,11-14H2,1-5H3/p+2/t17-/m1/s1. The Hall–Kier alpha value is -1.99. The highest BCUT2D eigenvalue weighted by Gasteiger charge is 2.37. The van der Waals surface area contributed by atoms with Gasteiger partial charge in [0.05, 0.1) is 19.2 Å². The second-order valence-electron chi connectivity index (χ2n) is 8.09. The molecule has 3 rings (SSSR count). The second-order valence-corrected chi connectivity index (χ2v) is 8.09. The molecule has 0 saturated carbocycles. The SMILES string of the molecule is CC[NH+]1CC[NH+]([C@H](c2ccc(OC)cc2)c2nnnn2C(C)(C)C)CC1. The molecule has 0 radical (unpaired) electrons. The molecule has 26 heavy (non-hydrogen) atoms. The van der Waals surface area contributed by atoms with E-state index in [-0.39, 0.29) is 11.6 Å². The molecule has 2 heterocycles. The van der Waals surface area contributed by atoms with Crippen molar-refractivity contribution in [2.75, 3.05) is 39.8 Å². The zero-order valence-electron chi connectivity index (χ0n) is 16.6. The molecule has 2 N–H and O–H groups in total. The summed E-state index contributed by atoms with van der Waals surface area (Å²) in [6, 6.07) is 8.49. The monoisotopic (exact) mass is 360 g/mol. The maximum Gasteiger partial charge on any atom is 0.214 e. The fraction of sp³-hybridized carbons (Fsp3) is 0.632. The van der Waals surface area contributed by atoms with Crippen LogP contribution in [0.5, 0.6) is 5.75 Å². The molecular weight excluding hydrogens is 328 g/mol.